The summed E-state index contributed by atoms with van der Waals surface area (Å²) in [7, 11) is 0. The molecule has 1 aromatic rings. The zero-order chi connectivity index (χ0) is 12.4. The van der Waals surface area contributed by atoms with Crippen LogP contribution in [0.3, 0.4) is 0 Å². The third-order valence-electron chi connectivity index (χ3n) is 3.54. The van der Waals surface area contributed by atoms with Crippen molar-refractivity contribution >= 4 is 21.6 Å². The molecule has 0 amide bonds. The van der Waals surface area contributed by atoms with Crippen molar-refractivity contribution in [3.05, 3.63) is 28.2 Å². The molecule has 1 fully saturated rings. The largest absolute Gasteiger partial charge is 0.367 e. The molecule has 0 aromatic heterocycles. The molecular weight excluding hydrogens is 276 g/mol. The second-order valence-corrected chi connectivity index (χ2v) is 5.93. The van der Waals surface area contributed by atoms with E-state index >= 15 is 0 Å². The SMILES string of the molecule is Cc1ccc(N2CC(C)NCCC2C)cc1Br. The van der Waals surface area contributed by atoms with E-state index in [0.717, 1.165) is 13.1 Å². The van der Waals surface area contributed by atoms with Crippen LogP contribution in [0.1, 0.15) is 25.8 Å². The summed E-state index contributed by atoms with van der Waals surface area (Å²) in [5.41, 5.74) is 2.62. The lowest BCUT2D eigenvalue weighted by atomic mass is 10.1. The highest BCUT2D eigenvalue weighted by atomic mass is 79.9. The average Bonchev–Trinajstić information content (AvgIpc) is 2.45. The molecule has 1 N–H and O–H groups in total. The number of anilines is 1. The van der Waals surface area contributed by atoms with Crippen LogP contribution >= 0.6 is 15.9 Å². The molecule has 2 rings (SSSR count). The molecule has 0 radical (unpaired) electrons. The van der Waals surface area contributed by atoms with Crippen molar-refractivity contribution in [2.75, 3.05) is 18.0 Å². The van der Waals surface area contributed by atoms with E-state index in [0.29, 0.717) is 12.1 Å². The molecule has 2 unspecified atom stereocenters. The van der Waals surface area contributed by atoms with Crippen molar-refractivity contribution in [3.8, 4) is 0 Å². The van der Waals surface area contributed by atoms with Gasteiger partial charge in [0, 0.05) is 28.8 Å². The maximum Gasteiger partial charge on any atom is 0.0380 e. The fraction of sp³-hybridized carbons (Fsp3) is 0.571. The van der Waals surface area contributed by atoms with Gasteiger partial charge in [0.1, 0.15) is 0 Å². The molecule has 1 aliphatic heterocycles. The highest BCUT2D eigenvalue weighted by Crippen LogP contribution is 2.26. The van der Waals surface area contributed by atoms with Crippen LogP contribution in [-0.4, -0.2) is 25.2 Å². The molecule has 17 heavy (non-hydrogen) atoms. The van der Waals surface area contributed by atoms with Crippen molar-refractivity contribution in [1.82, 2.24) is 5.32 Å². The summed E-state index contributed by atoms with van der Waals surface area (Å²) in [6.45, 7) is 8.90. The average molecular weight is 297 g/mol. The topological polar surface area (TPSA) is 15.3 Å². The number of nitrogens with one attached hydrogen (secondary N) is 1. The van der Waals surface area contributed by atoms with E-state index in [1.165, 1.54) is 22.1 Å². The molecule has 0 saturated carbocycles. The fourth-order valence-corrected chi connectivity index (χ4v) is 2.72. The van der Waals surface area contributed by atoms with Gasteiger partial charge in [0.2, 0.25) is 0 Å². The van der Waals surface area contributed by atoms with Crippen molar-refractivity contribution in [2.24, 2.45) is 0 Å². The molecule has 0 bridgehead atoms. The van der Waals surface area contributed by atoms with Gasteiger partial charge in [-0.3, -0.25) is 0 Å². The number of halogens is 1. The monoisotopic (exact) mass is 296 g/mol. The lowest BCUT2D eigenvalue weighted by Crippen LogP contribution is -2.38. The first-order chi connectivity index (χ1) is 8.08. The summed E-state index contributed by atoms with van der Waals surface area (Å²) < 4.78 is 1.20. The third-order valence-corrected chi connectivity index (χ3v) is 4.40. The molecule has 1 saturated heterocycles. The normalized spacial score (nSPS) is 25.8. The fourth-order valence-electron chi connectivity index (χ4n) is 2.35. The number of nitrogens with zero attached hydrogens (tertiary/aromatic N) is 1. The molecular formula is C14H21BrN2. The van der Waals surface area contributed by atoms with Crippen molar-refractivity contribution in [1.29, 1.82) is 0 Å². The van der Waals surface area contributed by atoms with Gasteiger partial charge in [-0.15, -0.1) is 0 Å². The molecule has 1 heterocycles. The van der Waals surface area contributed by atoms with E-state index in [1.54, 1.807) is 0 Å². The van der Waals surface area contributed by atoms with Crippen LogP contribution in [0.5, 0.6) is 0 Å². The van der Waals surface area contributed by atoms with E-state index in [9.17, 15) is 0 Å². The maximum atomic E-state index is 3.62. The van der Waals surface area contributed by atoms with Crippen LogP contribution in [-0.2, 0) is 0 Å². The minimum Gasteiger partial charge on any atom is -0.367 e. The van der Waals surface area contributed by atoms with Gasteiger partial charge >= 0.3 is 0 Å². The van der Waals surface area contributed by atoms with Crippen LogP contribution in [0.15, 0.2) is 22.7 Å². The molecule has 2 atom stereocenters. The standard InChI is InChI=1S/C14H21BrN2/c1-10-4-5-13(8-14(10)15)17-9-11(2)16-7-6-12(17)3/h4-5,8,11-12,16H,6-7,9H2,1-3H3. The minimum absolute atomic E-state index is 0.556. The number of hydrogen-bond acceptors (Lipinski definition) is 2. The smallest absolute Gasteiger partial charge is 0.0380 e. The van der Waals surface area contributed by atoms with Gasteiger partial charge in [-0.2, -0.15) is 0 Å². The first kappa shape index (κ1) is 12.9. The predicted octanol–water partition coefficient (Wildman–Crippen LogP) is 3.33. The summed E-state index contributed by atoms with van der Waals surface area (Å²) in [6.07, 6.45) is 1.20. The van der Waals surface area contributed by atoms with Gasteiger partial charge in [-0.25, -0.2) is 0 Å². The Labute approximate surface area is 113 Å². The minimum atomic E-state index is 0.556. The van der Waals surface area contributed by atoms with Gasteiger partial charge in [0.25, 0.3) is 0 Å². The molecule has 1 aromatic carbocycles. The maximum absolute atomic E-state index is 3.62. The van der Waals surface area contributed by atoms with E-state index in [2.05, 4.69) is 65.1 Å². The van der Waals surface area contributed by atoms with Crippen molar-refractivity contribution in [2.45, 2.75) is 39.3 Å². The number of rotatable bonds is 1. The Kier molecular flexibility index (Phi) is 4.10. The van der Waals surface area contributed by atoms with Crippen LogP contribution in [0.4, 0.5) is 5.69 Å². The Balaban J connectivity index is 2.26. The predicted molar refractivity (Wildman–Crippen MR) is 77.8 cm³/mol. The second kappa shape index (κ2) is 5.40. The zero-order valence-corrected chi connectivity index (χ0v) is 12.4. The van der Waals surface area contributed by atoms with Gasteiger partial charge in [0.15, 0.2) is 0 Å². The Morgan fingerprint density at radius 2 is 2.12 bits per heavy atom. The molecule has 94 valence electrons. The Hall–Kier alpha value is -0.540. The quantitative estimate of drug-likeness (QED) is 0.855. The van der Waals surface area contributed by atoms with E-state index in [1.807, 2.05) is 0 Å². The number of aryl methyl sites for hydroxylation is 1. The van der Waals surface area contributed by atoms with Crippen molar-refractivity contribution < 1.29 is 0 Å². The van der Waals surface area contributed by atoms with Crippen LogP contribution in [0.2, 0.25) is 0 Å². The molecule has 3 heteroatoms. The van der Waals surface area contributed by atoms with E-state index in [4.69, 9.17) is 0 Å². The van der Waals surface area contributed by atoms with Crippen LogP contribution in [0.25, 0.3) is 0 Å². The molecule has 0 spiro atoms. The van der Waals surface area contributed by atoms with E-state index in [-0.39, 0.29) is 0 Å². The second-order valence-electron chi connectivity index (χ2n) is 5.08. The first-order valence-electron chi connectivity index (χ1n) is 6.34. The molecule has 1 aliphatic rings. The number of benzene rings is 1. The highest BCUT2D eigenvalue weighted by Gasteiger charge is 2.20. The summed E-state index contributed by atoms with van der Waals surface area (Å²) in [5.74, 6) is 0. The summed E-state index contributed by atoms with van der Waals surface area (Å²) >= 11 is 3.62. The third kappa shape index (κ3) is 3.02. The lowest BCUT2D eigenvalue weighted by molar-refractivity contribution is 0.585. The Morgan fingerprint density at radius 3 is 2.82 bits per heavy atom. The van der Waals surface area contributed by atoms with Gasteiger partial charge in [-0.1, -0.05) is 22.0 Å². The van der Waals surface area contributed by atoms with Gasteiger partial charge in [0.05, 0.1) is 0 Å². The first-order valence-corrected chi connectivity index (χ1v) is 7.13. The molecule has 0 aliphatic carbocycles. The van der Waals surface area contributed by atoms with Crippen LogP contribution in [0, 0.1) is 6.92 Å². The van der Waals surface area contributed by atoms with Crippen molar-refractivity contribution in [3.63, 3.8) is 0 Å². The van der Waals surface area contributed by atoms with E-state index < -0.39 is 0 Å². The Bertz CT molecular complexity index is 392. The number of hydrogen-bond donors (Lipinski definition) is 1. The zero-order valence-electron chi connectivity index (χ0n) is 10.8. The highest BCUT2D eigenvalue weighted by molar-refractivity contribution is 9.10. The van der Waals surface area contributed by atoms with Gasteiger partial charge in [-0.05, 0) is 51.4 Å². The van der Waals surface area contributed by atoms with Gasteiger partial charge < -0.3 is 10.2 Å². The van der Waals surface area contributed by atoms with Crippen LogP contribution < -0.4 is 10.2 Å². The Morgan fingerprint density at radius 1 is 1.35 bits per heavy atom. The molecule has 2 nitrogen and oxygen atoms in total. The lowest BCUT2D eigenvalue weighted by Gasteiger charge is -2.31. The summed E-state index contributed by atoms with van der Waals surface area (Å²) in [6, 6.07) is 7.82. The summed E-state index contributed by atoms with van der Waals surface area (Å²) in [4.78, 5) is 2.51. The summed E-state index contributed by atoms with van der Waals surface area (Å²) in [5, 5.41) is 3.55.